The van der Waals surface area contributed by atoms with Crippen LogP contribution < -0.4 is 0 Å². The second-order valence-electron chi connectivity index (χ2n) is 8.96. The topological polar surface area (TPSA) is 68.8 Å². The third-order valence-electron chi connectivity index (χ3n) is 6.90. The summed E-state index contributed by atoms with van der Waals surface area (Å²) < 4.78 is 44.7. The molecular weight excluding hydrogens is 457 g/mol. The summed E-state index contributed by atoms with van der Waals surface area (Å²) in [5.74, 6) is -3.50. The molecule has 1 amide bonds. The number of benzene rings is 1. The fraction of sp³-hybridized carbons (Fsp3) is 0.280. The molecule has 7 nitrogen and oxygen atoms in total. The minimum absolute atomic E-state index is 0.0855. The van der Waals surface area contributed by atoms with Gasteiger partial charge in [-0.3, -0.25) is 9.48 Å². The molecule has 5 heterocycles. The van der Waals surface area contributed by atoms with Gasteiger partial charge in [0.1, 0.15) is 0 Å². The molecule has 35 heavy (non-hydrogen) atoms. The first-order valence-corrected chi connectivity index (χ1v) is 11.4. The molecule has 0 spiro atoms. The SMILES string of the molecule is Cn1nc2c(c1-c1cc(F)c(F)c(F)c1)C[C@@H]1CCC[C@H]2N1C(=O)c1ccc(-n2cccn2)nc1. The van der Waals surface area contributed by atoms with E-state index in [1.54, 1.807) is 53.2 Å². The number of amides is 1. The number of rotatable bonds is 3. The maximum absolute atomic E-state index is 14.0. The number of aryl methyl sites for hydroxylation is 1. The van der Waals surface area contributed by atoms with Crippen molar-refractivity contribution in [3.05, 3.63) is 83.2 Å². The van der Waals surface area contributed by atoms with Gasteiger partial charge in [-0.15, -0.1) is 0 Å². The van der Waals surface area contributed by atoms with Crippen molar-refractivity contribution < 1.29 is 18.0 Å². The maximum atomic E-state index is 14.0. The average Bonchev–Trinajstić information content (AvgIpc) is 3.50. The molecule has 2 aliphatic heterocycles. The molecule has 4 aromatic rings. The van der Waals surface area contributed by atoms with E-state index >= 15 is 0 Å². The van der Waals surface area contributed by atoms with Crippen molar-refractivity contribution in [1.29, 1.82) is 0 Å². The molecule has 0 N–H and O–H groups in total. The van der Waals surface area contributed by atoms with Gasteiger partial charge in [0.15, 0.2) is 23.3 Å². The number of fused-ring (bicyclic) bond motifs is 4. The molecule has 1 aromatic carbocycles. The predicted octanol–water partition coefficient (Wildman–Crippen LogP) is 4.38. The lowest BCUT2D eigenvalue weighted by atomic mass is 9.81. The van der Waals surface area contributed by atoms with Gasteiger partial charge in [-0.25, -0.2) is 22.8 Å². The van der Waals surface area contributed by atoms with E-state index in [0.717, 1.165) is 42.7 Å². The number of hydrogen-bond acceptors (Lipinski definition) is 4. The first-order valence-electron chi connectivity index (χ1n) is 11.4. The Bertz CT molecular complexity index is 1410. The van der Waals surface area contributed by atoms with Crippen LogP contribution in [0, 0.1) is 17.5 Å². The molecule has 2 bridgehead atoms. The van der Waals surface area contributed by atoms with Gasteiger partial charge in [0.05, 0.1) is 23.0 Å². The predicted molar refractivity (Wildman–Crippen MR) is 120 cm³/mol. The van der Waals surface area contributed by atoms with E-state index < -0.39 is 17.5 Å². The summed E-state index contributed by atoms with van der Waals surface area (Å²) in [6, 6.07) is 6.94. The lowest BCUT2D eigenvalue weighted by Gasteiger charge is -2.45. The quantitative estimate of drug-likeness (QED) is 0.410. The van der Waals surface area contributed by atoms with Gasteiger partial charge in [0.25, 0.3) is 5.91 Å². The number of aromatic nitrogens is 5. The van der Waals surface area contributed by atoms with Crippen molar-refractivity contribution >= 4 is 5.91 Å². The summed E-state index contributed by atoms with van der Waals surface area (Å²) >= 11 is 0. The lowest BCUT2D eigenvalue weighted by Crippen LogP contribution is -2.49. The van der Waals surface area contributed by atoms with Crippen molar-refractivity contribution in [2.24, 2.45) is 7.05 Å². The zero-order chi connectivity index (χ0) is 24.3. The van der Waals surface area contributed by atoms with Crippen molar-refractivity contribution in [3.63, 3.8) is 0 Å². The minimum atomic E-state index is -1.49. The Morgan fingerprint density at radius 3 is 2.60 bits per heavy atom. The van der Waals surface area contributed by atoms with Crippen LogP contribution in [0.15, 0.2) is 48.9 Å². The minimum Gasteiger partial charge on any atom is -0.327 e. The first-order chi connectivity index (χ1) is 16.9. The van der Waals surface area contributed by atoms with Crippen LogP contribution >= 0.6 is 0 Å². The Morgan fingerprint density at radius 2 is 1.91 bits per heavy atom. The van der Waals surface area contributed by atoms with Crippen LogP contribution in [-0.4, -0.2) is 41.4 Å². The second-order valence-corrected chi connectivity index (χ2v) is 8.96. The van der Waals surface area contributed by atoms with Crippen LogP contribution in [0.1, 0.15) is 46.9 Å². The van der Waals surface area contributed by atoms with Crippen LogP contribution in [0.2, 0.25) is 0 Å². The number of carbonyl (C=O) groups excluding carboxylic acids is 1. The molecule has 6 rings (SSSR count). The lowest BCUT2D eigenvalue weighted by molar-refractivity contribution is 0.0391. The highest BCUT2D eigenvalue weighted by molar-refractivity contribution is 5.95. The van der Waals surface area contributed by atoms with Gasteiger partial charge in [0.2, 0.25) is 0 Å². The molecule has 3 aromatic heterocycles. The normalized spacial score (nSPS) is 19.0. The third kappa shape index (κ3) is 3.43. The summed E-state index contributed by atoms with van der Waals surface area (Å²) in [4.78, 5) is 19.9. The molecule has 0 unspecified atom stereocenters. The monoisotopic (exact) mass is 478 g/mol. The molecular formula is C25H21F3N6O. The van der Waals surface area contributed by atoms with Crippen LogP contribution in [-0.2, 0) is 13.5 Å². The zero-order valence-electron chi connectivity index (χ0n) is 18.8. The molecule has 0 saturated carbocycles. The maximum Gasteiger partial charge on any atom is 0.256 e. The van der Waals surface area contributed by atoms with E-state index in [4.69, 9.17) is 0 Å². The van der Waals surface area contributed by atoms with Crippen molar-refractivity contribution in [1.82, 2.24) is 29.4 Å². The first kappa shape index (κ1) is 21.6. The summed E-state index contributed by atoms with van der Waals surface area (Å²) in [5.41, 5.74) is 2.82. The van der Waals surface area contributed by atoms with E-state index in [0.29, 0.717) is 23.5 Å². The van der Waals surface area contributed by atoms with Crippen LogP contribution in [0.5, 0.6) is 0 Å². The van der Waals surface area contributed by atoms with Crippen molar-refractivity contribution in [3.8, 4) is 17.1 Å². The fourth-order valence-corrected chi connectivity index (χ4v) is 5.40. The largest absolute Gasteiger partial charge is 0.327 e. The van der Waals surface area contributed by atoms with Crippen molar-refractivity contribution in [2.75, 3.05) is 0 Å². The molecule has 1 saturated heterocycles. The van der Waals surface area contributed by atoms with E-state index in [1.807, 2.05) is 4.90 Å². The van der Waals surface area contributed by atoms with Gasteiger partial charge in [-0.1, -0.05) is 0 Å². The molecule has 178 valence electrons. The summed E-state index contributed by atoms with van der Waals surface area (Å²) in [6.45, 7) is 0. The Balaban J connectivity index is 1.37. The van der Waals surface area contributed by atoms with Gasteiger partial charge in [-0.05, 0) is 56.0 Å². The molecule has 10 heteroatoms. The summed E-state index contributed by atoms with van der Waals surface area (Å²) in [7, 11) is 1.70. The number of nitrogens with zero attached hydrogens (tertiary/aromatic N) is 6. The van der Waals surface area contributed by atoms with Crippen molar-refractivity contribution in [2.45, 2.75) is 37.8 Å². The molecule has 2 aliphatic rings. The summed E-state index contributed by atoms with van der Waals surface area (Å²) in [5, 5.41) is 8.82. The second kappa shape index (κ2) is 8.07. The molecule has 2 atom stereocenters. The van der Waals surface area contributed by atoms with Gasteiger partial charge in [0, 0.05) is 42.8 Å². The van der Waals surface area contributed by atoms with Gasteiger partial charge >= 0.3 is 0 Å². The van der Waals surface area contributed by atoms with Gasteiger partial charge < -0.3 is 4.90 Å². The smallest absolute Gasteiger partial charge is 0.256 e. The Kier molecular flexibility index (Phi) is 4.98. The van der Waals surface area contributed by atoms with E-state index in [2.05, 4.69) is 15.2 Å². The highest BCUT2D eigenvalue weighted by Gasteiger charge is 2.43. The zero-order valence-corrected chi connectivity index (χ0v) is 18.8. The third-order valence-corrected chi connectivity index (χ3v) is 6.90. The number of pyridine rings is 1. The van der Waals surface area contributed by atoms with E-state index in [9.17, 15) is 18.0 Å². The average molecular weight is 478 g/mol. The highest BCUT2D eigenvalue weighted by atomic mass is 19.2. The number of carbonyl (C=O) groups is 1. The number of piperidine rings is 1. The fourth-order valence-electron chi connectivity index (χ4n) is 5.40. The Labute approximate surface area is 198 Å². The standard InChI is InChI=1S/C25H21F3N6O/c1-32-24(15-10-18(26)22(28)19(27)11-15)17-12-16-4-2-5-20(23(17)31-32)34(16)25(35)14-6-7-21(29-13-14)33-9-3-8-30-33/h3,6-11,13,16,20H,2,4-5,12H2,1H3/t16-,20+/m0/s1. The number of halogens is 3. The van der Waals surface area contributed by atoms with Gasteiger partial charge in [-0.2, -0.15) is 10.2 Å². The Morgan fingerprint density at radius 1 is 1.11 bits per heavy atom. The molecule has 1 fully saturated rings. The number of hydrogen-bond donors (Lipinski definition) is 0. The molecule has 0 aliphatic carbocycles. The van der Waals surface area contributed by atoms with Crippen LogP contribution in [0.3, 0.4) is 0 Å². The molecule has 0 radical (unpaired) electrons. The Hall–Kier alpha value is -3.95. The van der Waals surface area contributed by atoms with E-state index in [-0.39, 0.29) is 23.6 Å². The van der Waals surface area contributed by atoms with Crippen LogP contribution in [0.25, 0.3) is 17.1 Å². The highest BCUT2D eigenvalue weighted by Crippen LogP contribution is 2.45. The van der Waals surface area contributed by atoms with E-state index in [1.165, 1.54) is 0 Å². The van der Waals surface area contributed by atoms with Crippen LogP contribution in [0.4, 0.5) is 13.2 Å². The summed E-state index contributed by atoms with van der Waals surface area (Å²) in [6.07, 6.45) is 7.97.